The van der Waals surface area contributed by atoms with Gasteiger partial charge in [0.2, 0.25) is 5.91 Å². The molecular formula is C8H4IN3O. The van der Waals surface area contributed by atoms with Crippen molar-refractivity contribution < 1.29 is 4.79 Å². The van der Waals surface area contributed by atoms with Crippen LogP contribution in [-0.2, 0) is 11.2 Å². The lowest BCUT2D eigenvalue weighted by Gasteiger charge is -1.99. The molecular weight excluding hydrogens is 281 g/mol. The maximum absolute atomic E-state index is 11.0. The first-order chi connectivity index (χ1) is 6.20. The van der Waals surface area contributed by atoms with Gasteiger partial charge in [0.15, 0.2) is 0 Å². The summed E-state index contributed by atoms with van der Waals surface area (Å²) in [6.07, 6.45) is 0.367. The second kappa shape index (κ2) is 2.96. The summed E-state index contributed by atoms with van der Waals surface area (Å²) in [4.78, 5) is 15.0. The molecule has 64 valence electrons. The summed E-state index contributed by atoms with van der Waals surface area (Å²) in [5.74, 6) is 0.476. The number of carbonyl (C=O) groups is 1. The highest BCUT2D eigenvalue weighted by Gasteiger charge is 2.22. The number of aromatic nitrogens is 1. The average Bonchev–Trinajstić information content (AvgIpc) is 2.46. The predicted octanol–water partition coefficient (Wildman–Crippen LogP) is 1.05. The third kappa shape index (κ3) is 1.37. The Kier molecular flexibility index (Phi) is 1.92. The molecule has 0 unspecified atom stereocenters. The lowest BCUT2D eigenvalue weighted by atomic mass is 10.2. The molecule has 1 aliphatic heterocycles. The van der Waals surface area contributed by atoms with Crippen LogP contribution in [-0.4, -0.2) is 10.9 Å². The molecule has 0 saturated carbocycles. The molecule has 0 bridgehead atoms. The van der Waals surface area contributed by atoms with Crippen LogP contribution in [0.5, 0.6) is 0 Å². The van der Waals surface area contributed by atoms with Crippen LogP contribution in [0.25, 0.3) is 0 Å². The van der Waals surface area contributed by atoms with Crippen LogP contribution >= 0.6 is 22.6 Å². The Morgan fingerprint density at radius 3 is 3.15 bits per heavy atom. The Balaban J connectivity index is 2.60. The van der Waals surface area contributed by atoms with Gasteiger partial charge >= 0.3 is 0 Å². The smallest absolute Gasteiger partial charge is 0.230 e. The lowest BCUT2D eigenvalue weighted by molar-refractivity contribution is -0.115. The fourth-order valence-electron chi connectivity index (χ4n) is 1.21. The number of pyridine rings is 1. The quantitative estimate of drug-likeness (QED) is 0.725. The van der Waals surface area contributed by atoms with Gasteiger partial charge in [0, 0.05) is 9.13 Å². The van der Waals surface area contributed by atoms with E-state index in [1.807, 2.05) is 6.07 Å². The monoisotopic (exact) mass is 285 g/mol. The Morgan fingerprint density at radius 2 is 2.46 bits per heavy atom. The van der Waals surface area contributed by atoms with E-state index >= 15 is 0 Å². The van der Waals surface area contributed by atoms with Crippen LogP contribution < -0.4 is 5.32 Å². The van der Waals surface area contributed by atoms with Crippen LogP contribution in [0.3, 0.4) is 0 Å². The van der Waals surface area contributed by atoms with Crippen molar-refractivity contribution in [3.8, 4) is 6.07 Å². The van der Waals surface area contributed by atoms with E-state index in [2.05, 4.69) is 32.9 Å². The van der Waals surface area contributed by atoms with Crippen LogP contribution in [0.4, 0.5) is 5.82 Å². The number of rotatable bonds is 0. The molecule has 1 aromatic heterocycles. The first-order valence-corrected chi connectivity index (χ1v) is 4.68. The molecule has 0 aromatic carbocycles. The van der Waals surface area contributed by atoms with Crippen molar-refractivity contribution >= 4 is 34.3 Å². The van der Waals surface area contributed by atoms with Gasteiger partial charge in [0.25, 0.3) is 0 Å². The van der Waals surface area contributed by atoms with Crippen molar-refractivity contribution in [2.45, 2.75) is 6.42 Å². The number of hydrogen-bond donors (Lipinski definition) is 1. The molecule has 4 nitrogen and oxygen atoms in total. The molecule has 0 radical (unpaired) electrons. The number of hydrogen-bond acceptors (Lipinski definition) is 3. The average molecular weight is 285 g/mol. The number of nitrogens with one attached hydrogen (secondary N) is 1. The first kappa shape index (κ1) is 8.44. The van der Waals surface area contributed by atoms with E-state index in [1.54, 1.807) is 6.07 Å². The van der Waals surface area contributed by atoms with E-state index in [0.29, 0.717) is 17.9 Å². The standard InChI is InChI=1S/C8H4IN3O/c9-6-1-4(3-10)11-8-5(6)2-7(13)12-8/h1H,2H2,(H,11,12,13). The van der Waals surface area contributed by atoms with Crippen molar-refractivity contribution in [3.05, 3.63) is 20.9 Å². The van der Waals surface area contributed by atoms with Gasteiger partial charge < -0.3 is 5.32 Å². The molecule has 2 heterocycles. The number of halogens is 1. The minimum Gasteiger partial charge on any atom is -0.310 e. The summed E-state index contributed by atoms with van der Waals surface area (Å²) < 4.78 is 0.914. The number of nitrogens with zero attached hydrogens (tertiary/aromatic N) is 2. The summed E-state index contributed by atoms with van der Waals surface area (Å²) in [5.41, 5.74) is 1.23. The maximum atomic E-state index is 11.0. The van der Waals surface area contributed by atoms with Gasteiger partial charge in [-0.25, -0.2) is 4.98 Å². The van der Waals surface area contributed by atoms with Crippen molar-refractivity contribution in [2.75, 3.05) is 5.32 Å². The van der Waals surface area contributed by atoms with E-state index in [9.17, 15) is 4.79 Å². The topological polar surface area (TPSA) is 65.8 Å². The highest BCUT2D eigenvalue weighted by molar-refractivity contribution is 14.1. The minimum atomic E-state index is -0.0597. The summed E-state index contributed by atoms with van der Waals surface area (Å²) in [5, 5.41) is 11.2. The van der Waals surface area contributed by atoms with Crippen molar-refractivity contribution in [1.29, 1.82) is 5.26 Å². The maximum Gasteiger partial charge on any atom is 0.230 e. The van der Waals surface area contributed by atoms with E-state index in [1.165, 1.54) is 0 Å². The Hall–Kier alpha value is -1.16. The predicted molar refractivity (Wildman–Crippen MR) is 54.0 cm³/mol. The SMILES string of the molecule is N#Cc1cc(I)c2c(n1)NC(=O)C2. The van der Waals surface area contributed by atoms with Crippen LogP contribution in [0, 0.1) is 14.9 Å². The zero-order chi connectivity index (χ0) is 9.42. The van der Waals surface area contributed by atoms with Crippen LogP contribution in [0.1, 0.15) is 11.3 Å². The highest BCUT2D eigenvalue weighted by Crippen LogP contribution is 2.26. The molecule has 0 fully saturated rings. The first-order valence-electron chi connectivity index (χ1n) is 3.60. The zero-order valence-electron chi connectivity index (χ0n) is 6.47. The zero-order valence-corrected chi connectivity index (χ0v) is 8.62. The van der Waals surface area contributed by atoms with Gasteiger partial charge in [0.05, 0.1) is 6.42 Å². The molecule has 1 aliphatic rings. The molecule has 0 saturated heterocycles. The van der Waals surface area contributed by atoms with Gasteiger partial charge in [-0.3, -0.25) is 4.79 Å². The van der Waals surface area contributed by atoms with E-state index in [4.69, 9.17) is 5.26 Å². The summed E-state index contributed by atoms with van der Waals surface area (Å²) >= 11 is 2.10. The molecule has 0 atom stereocenters. The van der Waals surface area contributed by atoms with Gasteiger partial charge in [-0.2, -0.15) is 5.26 Å². The molecule has 2 rings (SSSR count). The van der Waals surface area contributed by atoms with Gasteiger partial charge in [0.1, 0.15) is 17.6 Å². The molecule has 1 aromatic rings. The minimum absolute atomic E-state index is 0.0597. The summed E-state index contributed by atoms with van der Waals surface area (Å²) in [6.45, 7) is 0. The number of fused-ring (bicyclic) bond motifs is 1. The van der Waals surface area contributed by atoms with Crippen molar-refractivity contribution in [3.63, 3.8) is 0 Å². The van der Waals surface area contributed by atoms with E-state index in [-0.39, 0.29) is 5.91 Å². The number of carbonyl (C=O) groups excluding carboxylic acids is 1. The van der Waals surface area contributed by atoms with E-state index < -0.39 is 0 Å². The normalized spacial score (nSPS) is 13.4. The fraction of sp³-hybridized carbons (Fsp3) is 0.125. The van der Waals surface area contributed by atoms with Crippen molar-refractivity contribution in [1.82, 2.24) is 4.98 Å². The Morgan fingerprint density at radius 1 is 1.69 bits per heavy atom. The van der Waals surface area contributed by atoms with E-state index in [0.717, 1.165) is 9.13 Å². The largest absolute Gasteiger partial charge is 0.310 e. The molecule has 0 aliphatic carbocycles. The number of amides is 1. The Labute approximate surface area is 88.1 Å². The molecule has 1 N–H and O–H groups in total. The van der Waals surface area contributed by atoms with Crippen LogP contribution in [0.15, 0.2) is 6.07 Å². The molecule has 13 heavy (non-hydrogen) atoms. The van der Waals surface area contributed by atoms with Gasteiger partial charge in [-0.1, -0.05) is 0 Å². The summed E-state index contributed by atoms with van der Waals surface area (Å²) in [6, 6.07) is 3.63. The third-order valence-corrected chi connectivity index (χ3v) is 2.74. The van der Waals surface area contributed by atoms with Crippen molar-refractivity contribution in [2.24, 2.45) is 0 Å². The van der Waals surface area contributed by atoms with Gasteiger partial charge in [-0.05, 0) is 28.7 Å². The Bertz CT molecular complexity index is 436. The number of anilines is 1. The summed E-state index contributed by atoms with van der Waals surface area (Å²) in [7, 11) is 0. The molecule has 5 heteroatoms. The van der Waals surface area contributed by atoms with Gasteiger partial charge in [-0.15, -0.1) is 0 Å². The lowest BCUT2D eigenvalue weighted by Crippen LogP contribution is -2.04. The fourth-order valence-corrected chi connectivity index (χ4v) is 1.95. The molecule has 1 amide bonds. The second-order valence-corrected chi connectivity index (χ2v) is 3.82. The number of nitriles is 1. The van der Waals surface area contributed by atoms with Crippen LogP contribution in [0.2, 0.25) is 0 Å². The highest BCUT2D eigenvalue weighted by atomic mass is 127. The third-order valence-electron chi connectivity index (χ3n) is 1.78. The second-order valence-electron chi connectivity index (χ2n) is 2.65. The molecule has 0 spiro atoms.